The summed E-state index contributed by atoms with van der Waals surface area (Å²) in [4.78, 5) is 58.5. The number of nitrogens with zero attached hydrogens (tertiary/aromatic N) is 2. The van der Waals surface area contributed by atoms with E-state index in [1.54, 1.807) is 66.7 Å². The highest BCUT2D eigenvalue weighted by Crippen LogP contribution is 2.42. The molecule has 0 spiro atoms. The van der Waals surface area contributed by atoms with Crippen molar-refractivity contribution in [1.82, 2.24) is 4.98 Å². The molecule has 3 unspecified atom stereocenters. The van der Waals surface area contributed by atoms with Crippen molar-refractivity contribution in [3.05, 3.63) is 92.9 Å². The number of fused-ring (bicyclic) bond motifs is 2. The third kappa shape index (κ3) is 5.50. The molecule has 218 valence electrons. The van der Waals surface area contributed by atoms with E-state index in [1.165, 1.54) is 4.90 Å². The molecule has 1 aliphatic carbocycles. The maximum atomic E-state index is 13.4. The van der Waals surface area contributed by atoms with Crippen molar-refractivity contribution >= 4 is 67.7 Å². The minimum atomic E-state index is -0.664. The number of pyridine rings is 1. The van der Waals surface area contributed by atoms with Gasteiger partial charge in [-0.1, -0.05) is 64.8 Å². The first kappa shape index (κ1) is 29.2. The maximum absolute atomic E-state index is 13.4. The number of rotatable bonds is 6. The first-order chi connectivity index (χ1) is 20.6. The fourth-order valence-corrected chi connectivity index (χ4v) is 6.49. The number of carbonyl (C=O) groups is 4. The second-order valence-corrected chi connectivity index (χ2v) is 12.6. The quantitative estimate of drug-likeness (QED) is 0.120. The fourth-order valence-electron chi connectivity index (χ4n) is 6.07. The molecule has 0 N–H and O–H groups in total. The zero-order valence-corrected chi connectivity index (χ0v) is 25.9. The van der Waals surface area contributed by atoms with Crippen molar-refractivity contribution in [2.75, 3.05) is 11.5 Å². The molecule has 9 heteroatoms. The summed E-state index contributed by atoms with van der Waals surface area (Å²) in [6.07, 6.45) is 2.43. The lowest BCUT2D eigenvalue weighted by atomic mass is 9.76. The van der Waals surface area contributed by atoms with Crippen molar-refractivity contribution in [3.8, 4) is 11.3 Å². The summed E-state index contributed by atoms with van der Waals surface area (Å²) >= 11 is 9.75. The van der Waals surface area contributed by atoms with Gasteiger partial charge in [-0.2, -0.15) is 0 Å². The highest BCUT2D eigenvalue weighted by atomic mass is 79.9. The lowest BCUT2D eigenvalue weighted by Gasteiger charge is -2.25. The zero-order chi connectivity index (χ0) is 30.4. The van der Waals surface area contributed by atoms with Gasteiger partial charge in [-0.05, 0) is 74.1 Å². The monoisotopic (exact) mass is 658 g/mol. The molecule has 0 radical (unpaired) electrons. The fraction of sp³-hybridized carbons (Fsp3) is 0.265. The Balaban J connectivity index is 1.30. The smallest absolute Gasteiger partial charge is 0.339 e. The van der Waals surface area contributed by atoms with Gasteiger partial charge in [0.05, 0.1) is 34.3 Å². The number of halogens is 2. The van der Waals surface area contributed by atoms with Crippen LogP contribution in [0.2, 0.25) is 5.02 Å². The minimum absolute atomic E-state index is 0.133. The number of aromatic nitrogens is 1. The van der Waals surface area contributed by atoms with Crippen LogP contribution in [0.1, 0.15) is 52.5 Å². The molecule has 2 aliphatic rings. The standard InChI is InChI=1S/C34H28BrClN2O5/c1-18-3-12-25-26(15-18)33(41)38(32(25)40)23-10-6-20(7-11-23)29-16-27(24-13-14-28(36)19(2)31(24)37-29)34(42)43-17-30(39)21-4-8-22(35)9-5-21/h4-11,13-14,16,18,25-26H,3,12,15,17H2,1-2H3. The Bertz CT molecular complexity index is 1790. The first-order valence-electron chi connectivity index (χ1n) is 14.2. The lowest BCUT2D eigenvalue weighted by Crippen LogP contribution is -2.30. The number of anilines is 1. The van der Waals surface area contributed by atoms with Crippen molar-refractivity contribution in [2.24, 2.45) is 17.8 Å². The summed E-state index contributed by atoms with van der Waals surface area (Å²) in [6.45, 7) is 3.53. The molecule has 2 heterocycles. The molecule has 0 bridgehead atoms. The summed E-state index contributed by atoms with van der Waals surface area (Å²) in [6, 6.07) is 18.9. The lowest BCUT2D eigenvalue weighted by molar-refractivity contribution is -0.122. The molecular weight excluding hydrogens is 632 g/mol. The number of amides is 2. The van der Waals surface area contributed by atoms with Crippen LogP contribution < -0.4 is 4.90 Å². The van der Waals surface area contributed by atoms with E-state index in [0.29, 0.717) is 49.9 Å². The van der Waals surface area contributed by atoms with E-state index in [-0.39, 0.29) is 35.0 Å². The Labute approximate surface area is 262 Å². The van der Waals surface area contributed by atoms with E-state index >= 15 is 0 Å². The molecule has 3 atom stereocenters. The van der Waals surface area contributed by atoms with E-state index in [1.807, 2.05) is 6.92 Å². The van der Waals surface area contributed by atoms with Crippen LogP contribution in [0.15, 0.2) is 71.2 Å². The number of hydrogen-bond donors (Lipinski definition) is 0. The van der Waals surface area contributed by atoms with E-state index < -0.39 is 12.6 Å². The Morgan fingerprint density at radius 1 is 0.977 bits per heavy atom. The van der Waals surface area contributed by atoms with Gasteiger partial charge in [-0.3, -0.25) is 19.3 Å². The second kappa shape index (κ2) is 11.7. The number of ketones is 1. The predicted molar refractivity (Wildman–Crippen MR) is 168 cm³/mol. The molecule has 3 aromatic carbocycles. The Morgan fingerprint density at radius 3 is 2.40 bits per heavy atom. The minimum Gasteiger partial charge on any atom is -0.454 e. The van der Waals surface area contributed by atoms with Gasteiger partial charge >= 0.3 is 5.97 Å². The predicted octanol–water partition coefficient (Wildman–Crippen LogP) is 7.59. The van der Waals surface area contributed by atoms with E-state index in [0.717, 1.165) is 23.7 Å². The molecule has 1 saturated heterocycles. The number of aryl methyl sites for hydroxylation is 1. The summed E-state index contributed by atoms with van der Waals surface area (Å²) < 4.78 is 6.30. The van der Waals surface area contributed by atoms with Crippen LogP contribution in [0.3, 0.4) is 0 Å². The summed E-state index contributed by atoms with van der Waals surface area (Å²) in [7, 11) is 0. The van der Waals surface area contributed by atoms with Gasteiger partial charge in [0.2, 0.25) is 11.8 Å². The van der Waals surface area contributed by atoms with E-state index in [2.05, 4.69) is 22.9 Å². The van der Waals surface area contributed by atoms with Gasteiger partial charge in [0.25, 0.3) is 0 Å². The molecule has 43 heavy (non-hydrogen) atoms. The van der Waals surface area contributed by atoms with Crippen molar-refractivity contribution in [2.45, 2.75) is 33.1 Å². The topological polar surface area (TPSA) is 93.6 Å². The highest BCUT2D eigenvalue weighted by Gasteiger charge is 2.49. The zero-order valence-electron chi connectivity index (χ0n) is 23.6. The van der Waals surface area contributed by atoms with Crippen molar-refractivity contribution in [1.29, 1.82) is 0 Å². The number of esters is 1. The average Bonchev–Trinajstić information content (AvgIpc) is 3.25. The van der Waals surface area contributed by atoms with Gasteiger partial charge in [-0.15, -0.1) is 0 Å². The summed E-state index contributed by atoms with van der Waals surface area (Å²) in [5.41, 5.74) is 3.59. The number of ether oxygens (including phenoxy) is 1. The van der Waals surface area contributed by atoms with Crippen LogP contribution in [0.5, 0.6) is 0 Å². The van der Waals surface area contributed by atoms with Crippen LogP contribution >= 0.6 is 27.5 Å². The molecule has 1 saturated carbocycles. The normalized spacial score (nSPS) is 19.9. The Morgan fingerprint density at radius 2 is 1.67 bits per heavy atom. The molecule has 1 aliphatic heterocycles. The van der Waals surface area contributed by atoms with E-state index in [4.69, 9.17) is 21.3 Å². The van der Waals surface area contributed by atoms with Crippen LogP contribution in [-0.2, 0) is 14.3 Å². The highest BCUT2D eigenvalue weighted by molar-refractivity contribution is 9.10. The van der Waals surface area contributed by atoms with Gasteiger partial charge in [0, 0.05) is 26.0 Å². The second-order valence-electron chi connectivity index (χ2n) is 11.3. The summed E-state index contributed by atoms with van der Waals surface area (Å²) in [5, 5.41) is 1.05. The number of imide groups is 1. The Hall–Kier alpha value is -3.88. The largest absolute Gasteiger partial charge is 0.454 e. The number of Topliss-reactive ketones (excluding diaryl/α,β-unsaturated/α-hetero) is 1. The summed E-state index contributed by atoms with van der Waals surface area (Å²) in [5.74, 6) is -1.33. The first-order valence-corrected chi connectivity index (χ1v) is 15.3. The van der Waals surface area contributed by atoms with Gasteiger partial charge in [0.1, 0.15) is 0 Å². The van der Waals surface area contributed by atoms with Gasteiger partial charge in [-0.25, -0.2) is 9.78 Å². The Kier molecular flexibility index (Phi) is 7.92. The SMILES string of the molecule is Cc1c(Cl)ccc2c(C(=O)OCC(=O)c3ccc(Br)cc3)cc(-c3ccc(N4C(=O)C5CCC(C)CC5C4=O)cc3)nc12. The van der Waals surface area contributed by atoms with Gasteiger partial charge in [0.15, 0.2) is 12.4 Å². The van der Waals surface area contributed by atoms with Crippen LogP contribution in [0, 0.1) is 24.7 Å². The third-order valence-corrected chi connectivity index (χ3v) is 9.44. The molecular formula is C34H28BrClN2O5. The molecule has 2 fully saturated rings. The third-order valence-electron chi connectivity index (χ3n) is 8.50. The average molecular weight is 660 g/mol. The molecule has 7 nitrogen and oxygen atoms in total. The maximum Gasteiger partial charge on any atom is 0.339 e. The molecule has 6 rings (SSSR count). The molecule has 2 amide bonds. The number of hydrogen-bond acceptors (Lipinski definition) is 6. The number of carbonyl (C=O) groups excluding carboxylic acids is 4. The molecule has 1 aromatic heterocycles. The molecule has 4 aromatic rings. The van der Waals surface area contributed by atoms with Crippen molar-refractivity contribution < 1.29 is 23.9 Å². The van der Waals surface area contributed by atoms with Gasteiger partial charge < -0.3 is 4.74 Å². The van der Waals surface area contributed by atoms with Crippen LogP contribution in [0.25, 0.3) is 22.2 Å². The van der Waals surface area contributed by atoms with Crippen molar-refractivity contribution in [3.63, 3.8) is 0 Å². The van der Waals surface area contributed by atoms with E-state index in [9.17, 15) is 19.2 Å². The van der Waals surface area contributed by atoms with Crippen LogP contribution in [-0.4, -0.2) is 35.2 Å². The van der Waals surface area contributed by atoms with Crippen LogP contribution in [0.4, 0.5) is 5.69 Å². The number of benzene rings is 3.